The Hall–Kier alpha value is -1.84. The number of benzene rings is 1. The van der Waals surface area contributed by atoms with Crippen LogP contribution in [0.5, 0.6) is 5.75 Å². The molecule has 0 atom stereocenters. The number of aryl methyl sites for hydroxylation is 1. The van der Waals surface area contributed by atoms with E-state index in [4.69, 9.17) is 4.74 Å². The molecule has 0 unspecified atom stereocenters. The highest BCUT2D eigenvalue weighted by Gasteiger charge is 2.01. The van der Waals surface area contributed by atoms with Gasteiger partial charge in [-0.2, -0.15) is 5.10 Å². The molecule has 14 heavy (non-hydrogen) atoms. The lowest BCUT2D eigenvalue weighted by Gasteiger charge is -2.06. The number of hydrogen-bond donors (Lipinski definition) is 0. The van der Waals surface area contributed by atoms with Gasteiger partial charge in [0.15, 0.2) is 0 Å². The molecular weight excluding hydrogens is 178 g/mol. The van der Waals surface area contributed by atoms with Gasteiger partial charge in [0.05, 0.1) is 12.8 Å². The second kappa shape index (κ2) is 3.49. The number of hydrogen-bond acceptors (Lipinski definition) is 3. The van der Waals surface area contributed by atoms with E-state index >= 15 is 0 Å². The molecule has 2 rings (SSSR count). The summed E-state index contributed by atoms with van der Waals surface area (Å²) in [5.74, 6) is 0.859. The molecule has 0 fully saturated rings. The van der Waals surface area contributed by atoms with Crippen molar-refractivity contribution in [3.05, 3.63) is 36.4 Å². The Morgan fingerprint density at radius 2 is 2.21 bits per heavy atom. The number of rotatable bonds is 2. The molecule has 1 aromatic carbocycles. The zero-order valence-corrected chi connectivity index (χ0v) is 8.14. The van der Waals surface area contributed by atoms with Gasteiger partial charge in [-0.3, -0.25) is 0 Å². The molecule has 4 nitrogen and oxygen atoms in total. The summed E-state index contributed by atoms with van der Waals surface area (Å²) < 4.78 is 6.92. The third-order valence-corrected chi connectivity index (χ3v) is 2.07. The highest BCUT2D eigenvalue weighted by Crippen LogP contribution is 2.20. The van der Waals surface area contributed by atoms with E-state index < -0.39 is 0 Å². The predicted molar refractivity (Wildman–Crippen MR) is 52.6 cm³/mol. The van der Waals surface area contributed by atoms with Gasteiger partial charge in [-0.25, -0.2) is 9.67 Å². The van der Waals surface area contributed by atoms with Gasteiger partial charge in [0.2, 0.25) is 0 Å². The van der Waals surface area contributed by atoms with Crippen LogP contribution in [-0.2, 0) is 0 Å². The molecule has 0 saturated heterocycles. The molecule has 0 aliphatic heterocycles. The monoisotopic (exact) mass is 189 g/mol. The molecule has 4 heteroatoms. The summed E-state index contributed by atoms with van der Waals surface area (Å²) in [4.78, 5) is 3.89. The van der Waals surface area contributed by atoms with Crippen LogP contribution in [0.25, 0.3) is 5.69 Å². The average molecular weight is 189 g/mol. The molecule has 1 aromatic heterocycles. The van der Waals surface area contributed by atoms with Crippen molar-refractivity contribution in [2.24, 2.45) is 0 Å². The molecule has 0 radical (unpaired) electrons. The van der Waals surface area contributed by atoms with Gasteiger partial charge in [-0.05, 0) is 18.6 Å². The summed E-state index contributed by atoms with van der Waals surface area (Å²) in [6, 6.07) is 5.91. The van der Waals surface area contributed by atoms with Crippen LogP contribution in [0.15, 0.2) is 30.9 Å². The van der Waals surface area contributed by atoms with Crippen molar-refractivity contribution in [2.45, 2.75) is 6.92 Å². The molecule has 0 aliphatic carbocycles. The summed E-state index contributed by atoms with van der Waals surface area (Å²) >= 11 is 0. The third-order valence-electron chi connectivity index (χ3n) is 2.07. The molecule has 1 heterocycles. The summed E-state index contributed by atoms with van der Waals surface area (Å²) in [6.07, 6.45) is 3.16. The topological polar surface area (TPSA) is 39.9 Å². The molecule has 0 saturated carbocycles. The Kier molecular flexibility index (Phi) is 2.18. The first-order chi connectivity index (χ1) is 6.81. The molecule has 0 spiro atoms. The van der Waals surface area contributed by atoms with Crippen LogP contribution in [-0.4, -0.2) is 21.9 Å². The van der Waals surface area contributed by atoms with E-state index in [-0.39, 0.29) is 0 Å². The zero-order valence-electron chi connectivity index (χ0n) is 8.14. The summed E-state index contributed by atoms with van der Waals surface area (Å²) in [5, 5.41) is 4.04. The maximum absolute atomic E-state index is 5.22. The van der Waals surface area contributed by atoms with E-state index in [0.29, 0.717) is 0 Å². The third kappa shape index (κ3) is 1.46. The smallest absolute Gasteiger partial charge is 0.138 e. The fourth-order valence-electron chi connectivity index (χ4n) is 1.29. The SMILES string of the molecule is COc1cc(-n2cncn2)ccc1C. The van der Waals surface area contributed by atoms with Crippen LogP contribution in [0.4, 0.5) is 0 Å². The first-order valence-electron chi connectivity index (χ1n) is 4.31. The van der Waals surface area contributed by atoms with Crippen molar-refractivity contribution in [3.8, 4) is 11.4 Å². The van der Waals surface area contributed by atoms with Gasteiger partial charge in [0.1, 0.15) is 18.4 Å². The van der Waals surface area contributed by atoms with Gasteiger partial charge in [0, 0.05) is 6.07 Å². The Bertz CT molecular complexity index is 423. The normalized spacial score (nSPS) is 10.1. The minimum atomic E-state index is 0.859. The number of aromatic nitrogens is 3. The Morgan fingerprint density at radius 3 is 2.86 bits per heavy atom. The van der Waals surface area contributed by atoms with E-state index in [0.717, 1.165) is 17.0 Å². The average Bonchev–Trinajstić information content (AvgIpc) is 2.71. The maximum Gasteiger partial charge on any atom is 0.138 e. The zero-order chi connectivity index (χ0) is 9.97. The van der Waals surface area contributed by atoms with Crippen LogP contribution in [0, 0.1) is 6.92 Å². The molecule has 0 N–H and O–H groups in total. The van der Waals surface area contributed by atoms with Gasteiger partial charge in [-0.15, -0.1) is 0 Å². The van der Waals surface area contributed by atoms with Gasteiger partial charge >= 0.3 is 0 Å². The molecule has 2 aromatic rings. The minimum Gasteiger partial charge on any atom is -0.496 e. The van der Waals surface area contributed by atoms with Gasteiger partial charge in [-0.1, -0.05) is 6.07 Å². The maximum atomic E-state index is 5.22. The fraction of sp³-hybridized carbons (Fsp3) is 0.200. The van der Waals surface area contributed by atoms with Crippen molar-refractivity contribution < 1.29 is 4.74 Å². The highest BCUT2D eigenvalue weighted by molar-refractivity contribution is 5.43. The largest absolute Gasteiger partial charge is 0.496 e. The first kappa shape index (κ1) is 8.74. The summed E-state index contributed by atoms with van der Waals surface area (Å²) in [7, 11) is 1.66. The van der Waals surface area contributed by atoms with Crippen LogP contribution < -0.4 is 4.74 Å². The van der Waals surface area contributed by atoms with Gasteiger partial charge < -0.3 is 4.74 Å². The standard InChI is InChI=1S/C10H11N3O/c1-8-3-4-9(5-10(8)14-2)13-7-11-6-12-13/h3-7H,1-2H3. The Labute approximate surface area is 82.2 Å². The molecule has 72 valence electrons. The van der Waals surface area contributed by atoms with Crippen molar-refractivity contribution >= 4 is 0 Å². The minimum absolute atomic E-state index is 0.859. The van der Waals surface area contributed by atoms with Crippen molar-refractivity contribution in [1.82, 2.24) is 14.8 Å². The van der Waals surface area contributed by atoms with Crippen molar-refractivity contribution in [1.29, 1.82) is 0 Å². The summed E-state index contributed by atoms with van der Waals surface area (Å²) in [6.45, 7) is 2.00. The van der Waals surface area contributed by atoms with E-state index in [1.165, 1.54) is 6.33 Å². The quantitative estimate of drug-likeness (QED) is 0.720. The first-order valence-corrected chi connectivity index (χ1v) is 4.31. The number of methoxy groups -OCH3 is 1. The van der Waals surface area contributed by atoms with Crippen LogP contribution >= 0.6 is 0 Å². The van der Waals surface area contributed by atoms with Crippen LogP contribution in [0.3, 0.4) is 0 Å². The fourth-order valence-corrected chi connectivity index (χ4v) is 1.29. The van der Waals surface area contributed by atoms with E-state index in [1.54, 1.807) is 18.1 Å². The molecule has 0 aliphatic rings. The van der Waals surface area contributed by atoms with E-state index in [9.17, 15) is 0 Å². The second-order valence-corrected chi connectivity index (χ2v) is 2.99. The Morgan fingerprint density at radius 1 is 1.36 bits per heavy atom. The number of ether oxygens (including phenoxy) is 1. The lowest BCUT2D eigenvalue weighted by Crippen LogP contribution is -1.96. The highest BCUT2D eigenvalue weighted by atomic mass is 16.5. The molecule has 0 amide bonds. The Balaban J connectivity index is 2.46. The van der Waals surface area contributed by atoms with Crippen molar-refractivity contribution in [2.75, 3.05) is 7.11 Å². The number of nitrogens with zero attached hydrogens (tertiary/aromatic N) is 3. The summed E-state index contributed by atoms with van der Waals surface area (Å²) in [5.41, 5.74) is 2.06. The van der Waals surface area contributed by atoms with Crippen molar-refractivity contribution in [3.63, 3.8) is 0 Å². The van der Waals surface area contributed by atoms with E-state index in [1.807, 2.05) is 25.1 Å². The van der Waals surface area contributed by atoms with E-state index in [2.05, 4.69) is 10.1 Å². The van der Waals surface area contributed by atoms with Crippen LogP contribution in [0.2, 0.25) is 0 Å². The second-order valence-electron chi connectivity index (χ2n) is 2.99. The molecule has 0 bridgehead atoms. The van der Waals surface area contributed by atoms with Gasteiger partial charge in [0.25, 0.3) is 0 Å². The lowest BCUT2D eigenvalue weighted by atomic mass is 10.2. The lowest BCUT2D eigenvalue weighted by molar-refractivity contribution is 0.411. The molecular formula is C10H11N3O. The predicted octanol–water partition coefficient (Wildman–Crippen LogP) is 1.58. The van der Waals surface area contributed by atoms with Crippen LogP contribution in [0.1, 0.15) is 5.56 Å².